The molecule has 1 saturated heterocycles. The Morgan fingerprint density at radius 1 is 1.52 bits per heavy atom. The second-order valence-electron chi connectivity index (χ2n) is 6.66. The van der Waals surface area contributed by atoms with Crippen molar-refractivity contribution in [1.82, 2.24) is 14.8 Å². The quantitative estimate of drug-likeness (QED) is 0.832. The van der Waals surface area contributed by atoms with Crippen molar-refractivity contribution in [2.75, 3.05) is 26.7 Å². The summed E-state index contributed by atoms with van der Waals surface area (Å²) in [5, 5.41) is 0. The van der Waals surface area contributed by atoms with E-state index >= 15 is 0 Å². The second kappa shape index (κ2) is 5.76. The fourth-order valence-corrected chi connectivity index (χ4v) is 3.72. The van der Waals surface area contributed by atoms with E-state index in [1.165, 1.54) is 25.9 Å². The summed E-state index contributed by atoms with van der Waals surface area (Å²) in [6.07, 6.45) is 5.26. The number of likely N-dealkylation sites (tertiary alicyclic amines) is 1. The number of nitrogens with zero attached hydrogens (tertiary/aromatic N) is 3. The molecule has 1 spiro atoms. The van der Waals surface area contributed by atoms with E-state index in [0.29, 0.717) is 17.9 Å². The largest absolute Gasteiger partial charge is 0.340 e. The first-order chi connectivity index (χ1) is 10.1. The molecule has 1 aliphatic heterocycles. The van der Waals surface area contributed by atoms with Gasteiger partial charge in [0.1, 0.15) is 0 Å². The van der Waals surface area contributed by atoms with Gasteiger partial charge in [-0.25, -0.2) is 0 Å². The second-order valence-corrected chi connectivity index (χ2v) is 6.66. The molecule has 2 atom stereocenters. The molecule has 1 amide bonds. The van der Waals surface area contributed by atoms with Crippen LogP contribution in [0.3, 0.4) is 0 Å². The molecule has 0 radical (unpaired) electrons. The molecule has 0 unspecified atom stereocenters. The normalized spacial score (nSPS) is 28.0. The number of amides is 1. The molecule has 1 saturated carbocycles. The third-order valence-electron chi connectivity index (χ3n) is 4.99. The van der Waals surface area contributed by atoms with Crippen molar-refractivity contribution >= 4 is 5.91 Å². The summed E-state index contributed by atoms with van der Waals surface area (Å²) >= 11 is 0. The van der Waals surface area contributed by atoms with Crippen LogP contribution in [0, 0.1) is 11.3 Å². The third kappa shape index (κ3) is 2.95. The number of carbonyl (C=O) groups is 1. The standard InChI is InChI=1S/C17H25N3O/c1-3-9-20-10-7-17(13-20)11-15(17)16(21)19(2)12-14-6-4-5-8-18-14/h4-6,8,15H,3,7,9-13H2,1-2H3/t15-,17+/m1/s1. The first kappa shape index (κ1) is 14.5. The van der Waals surface area contributed by atoms with Crippen LogP contribution in [0.25, 0.3) is 0 Å². The van der Waals surface area contributed by atoms with Crippen molar-refractivity contribution in [3.63, 3.8) is 0 Å². The number of hydrogen-bond acceptors (Lipinski definition) is 3. The van der Waals surface area contributed by atoms with Gasteiger partial charge in [0, 0.05) is 25.7 Å². The van der Waals surface area contributed by atoms with Crippen molar-refractivity contribution in [2.45, 2.75) is 32.7 Å². The number of rotatable bonds is 5. The minimum absolute atomic E-state index is 0.244. The lowest BCUT2D eigenvalue weighted by Crippen LogP contribution is -2.31. The zero-order valence-corrected chi connectivity index (χ0v) is 13.1. The maximum atomic E-state index is 12.6. The van der Waals surface area contributed by atoms with Crippen LogP contribution in [0.2, 0.25) is 0 Å². The molecule has 2 heterocycles. The zero-order valence-electron chi connectivity index (χ0n) is 13.1. The van der Waals surface area contributed by atoms with E-state index in [9.17, 15) is 4.79 Å². The Kier molecular flexibility index (Phi) is 3.98. The van der Waals surface area contributed by atoms with Crippen LogP contribution in [0.4, 0.5) is 0 Å². The first-order valence-corrected chi connectivity index (χ1v) is 8.02. The highest BCUT2D eigenvalue weighted by Crippen LogP contribution is 2.59. The Hall–Kier alpha value is -1.42. The van der Waals surface area contributed by atoms with Crippen molar-refractivity contribution < 1.29 is 4.79 Å². The monoisotopic (exact) mass is 287 g/mol. The van der Waals surface area contributed by atoms with Crippen LogP contribution in [0.15, 0.2) is 24.4 Å². The summed E-state index contributed by atoms with van der Waals surface area (Å²) in [6.45, 7) is 6.30. The summed E-state index contributed by atoms with van der Waals surface area (Å²) in [5.74, 6) is 0.548. The van der Waals surface area contributed by atoms with Gasteiger partial charge in [-0.2, -0.15) is 0 Å². The lowest BCUT2D eigenvalue weighted by Gasteiger charge is -2.19. The van der Waals surface area contributed by atoms with Crippen LogP contribution in [0.1, 0.15) is 31.9 Å². The van der Waals surface area contributed by atoms with Crippen LogP contribution in [-0.2, 0) is 11.3 Å². The summed E-state index contributed by atoms with van der Waals surface area (Å²) < 4.78 is 0. The number of carbonyl (C=O) groups excluding carboxylic acids is 1. The molecular formula is C17H25N3O. The Morgan fingerprint density at radius 3 is 3.10 bits per heavy atom. The topological polar surface area (TPSA) is 36.4 Å². The SMILES string of the molecule is CCCN1CC[C@]2(C[C@@H]2C(=O)N(C)Cc2ccccn2)C1. The van der Waals surface area contributed by atoms with E-state index in [2.05, 4.69) is 16.8 Å². The summed E-state index contributed by atoms with van der Waals surface area (Å²) in [6, 6.07) is 5.85. The molecule has 3 rings (SSSR count). The van der Waals surface area contributed by atoms with Gasteiger partial charge in [-0.15, -0.1) is 0 Å². The fourth-order valence-electron chi connectivity index (χ4n) is 3.72. The Bertz CT molecular complexity index is 504. The molecule has 2 fully saturated rings. The molecule has 0 bridgehead atoms. The molecule has 4 nitrogen and oxygen atoms in total. The number of pyridine rings is 1. The van der Waals surface area contributed by atoms with Gasteiger partial charge in [0.25, 0.3) is 0 Å². The molecule has 114 valence electrons. The van der Waals surface area contributed by atoms with Gasteiger partial charge in [-0.1, -0.05) is 13.0 Å². The van der Waals surface area contributed by atoms with Gasteiger partial charge in [0.05, 0.1) is 12.2 Å². The maximum absolute atomic E-state index is 12.6. The van der Waals surface area contributed by atoms with Gasteiger partial charge in [0.15, 0.2) is 0 Å². The molecule has 2 aliphatic rings. The highest BCUT2D eigenvalue weighted by Gasteiger charge is 2.60. The molecule has 1 aromatic heterocycles. The molecule has 0 aromatic carbocycles. The summed E-state index contributed by atoms with van der Waals surface area (Å²) in [7, 11) is 1.90. The van der Waals surface area contributed by atoms with E-state index in [4.69, 9.17) is 0 Å². The van der Waals surface area contributed by atoms with Gasteiger partial charge < -0.3 is 9.80 Å². The average molecular weight is 287 g/mol. The highest BCUT2D eigenvalue weighted by atomic mass is 16.2. The summed E-state index contributed by atoms with van der Waals surface area (Å²) in [4.78, 5) is 21.3. The summed E-state index contributed by atoms with van der Waals surface area (Å²) in [5.41, 5.74) is 1.26. The molecule has 1 aromatic rings. The third-order valence-corrected chi connectivity index (χ3v) is 4.99. The first-order valence-electron chi connectivity index (χ1n) is 8.02. The van der Waals surface area contributed by atoms with Gasteiger partial charge in [-0.05, 0) is 49.9 Å². The maximum Gasteiger partial charge on any atom is 0.226 e. The number of aromatic nitrogens is 1. The molecule has 1 aliphatic carbocycles. The number of hydrogen-bond donors (Lipinski definition) is 0. The van der Waals surface area contributed by atoms with Gasteiger partial charge >= 0.3 is 0 Å². The Morgan fingerprint density at radius 2 is 2.38 bits per heavy atom. The van der Waals surface area contributed by atoms with E-state index in [-0.39, 0.29) is 5.92 Å². The average Bonchev–Trinajstić information content (AvgIpc) is 3.04. The lowest BCUT2D eigenvalue weighted by molar-refractivity contribution is -0.132. The minimum atomic E-state index is 0.244. The van der Waals surface area contributed by atoms with Crippen LogP contribution < -0.4 is 0 Å². The van der Waals surface area contributed by atoms with Crippen molar-refractivity contribution in [1.29, 1.82) is 0 Å². The fraction of sp³-hybridized carbons (Fsp3) is 0.647. The smallest absolute Gasteiger partial charge is 0.226 e. The van der Waals surface area contributed by atoms with Crippen molar-refractivity contribution in [2.24, 2.45) is 11.3 Å². The predicted octanol–water partition coefficient (Wildman–Crippen LogP) is 2.16. The van der Waals surface area contributed by atoms with E-state index < -0.39 is 0 Å². The van der Waals surface area contributed by atoms with E-state index in [1.807, 2.05) is 30.1 Å². The Balaban J connectivity index is 1.55. The highest BCUT2D eigenvalue weighted by molar-refractivity contribution is 5.82. The van der Waals surface area contributed by atoms with Crippen LogP contribution in [-0.4, -0.2) is 47.4 Å². The minimum Gasteiger partial charge on any atom is -0.340 e. The van der Waals surface area contributed by atoms with Gasteiger partial charge in [-0.3, -0.25) is 9.78 Å². The van der Waals surface area contributed by atoms with Gasteiger partial charge in [0.2, 0.25) is 5.91 Å². The Labute approximate surface area is 127 Å². The van der Waals surface area contributed by atoms with Crippen molar-refractivity contribution in [3.05, 3.63) is 30.1 Å². The van der Waals surface area contributed by atoms with Crippen LogP contribution >= 0.6 is 0 Å². The lowest BCUT2D eigenvalue weighted by atomic mass is 10.0. The molecule has 21 heavy (non-hydrogen) atoms. The van der Waals surface area contributed by atoms with E-state index in [0.717, 1.165) is 18.7 Å². The van der Waals surface area contributed by atoms with Crippen LogP contribution in [0.5, 0.6) is 0 Å². The van der Waals surface area contributed by atoms with Crippen molar-refractivity contribution in [3.8, 4) is 0 Å². The zero-order chi connectivity index (χ0) is 14.9. The molecular weight excluding hydrogens is 262 g/mol. The predicted molar refractivity (Wildman–Crippen MR) is 82.6 cm³/mol. The molecule has 0 N–H and O–H groups in total. The molecule has 4 heteroatoms. The van der Waals surface area contributed by atoms with E-state index in [1.54, 1.807) is 6.20 Å².